The summed E-state index contributed by atoms with van der Waals surface area (Å²) < 4.78 is 12.8. The van der Waals surface area contributed by atoms with Gasteiger partial charge in [-0.1, -0.05) is 12.1 Å². The minimum atomic E-state index is -0.681. The number of aliphatic imine (C=N–C) groups is 1. The Hall–Kier alpha value is -1.85. The van der Waals surface area contributed by atoms with Crippen molar-refractivity contribution < 1.29 is 14.6 Å². The molecule has 0 saturated heterocycles. The lowest BCUT2D eigenvalue weighted by Crippen LogP contribution is -2.39. The molecule has 1 atom stereocenters. The molecule has 1 aromatic heterocycles. The average molecular weight is 559 g/mol. The molecule has 0 radical (unpaired) electrons. The Balaban J connectivity index is 0.00000512. The van der Waals surface area contributed by atoms with Gasteiger partial charge in [-0.15, -0.1) is 24.0 Å². The van der Waals surface area contributed by atoms with Gasteiger partial charge in [-0.25, -0.2) is 4.99 Å². The lowest BCUT2D eigenvalue weighted by molar-refractivity contribution is 0.179. The monoisotopic (exact) mass is 559 g/mol. The van der Waals surface area contributed by atoms with E-state index in [0.29, 0.717) is 25.7 Å². The van der Waals surface area contributed by atoms with E-state index in [2.05, 4.69) is 22.7 Å². The summed E-state index contributed by atoms with van der Waals surface area (Å²) in [6.45, 7) is 12.9. The maximum Gasteiger partial charge on any atom is 0.191 e. The van der Waals surface area contributed by atoms with Crippen molar-refractivity contribution in [2.75, 3.05) is 26.8 Å². The molecule has 1 unspecified atom stereocenters. The third-order valence-corrected chi connectivity index (χ3v) is 4.86. The standard InChI is InChI=1S/C23H37N5O3.HI/c1-7-24-23(25-14-21-17(4)27-28(18(21)5)11-12-30-6)26-15-22(29)19-9-8-10-20(13-19)31-16(2)3;/h8-10,13,16,22,29H,7,11-12,14-15H2,1-6H3,(H2,24,25,26);1H. The van der Waals surface area contributed by atoms with Crippen molar-refractivity contribution in [1.29, 1.82) is 0 Å². The number of nitrogens with zero attached hydrogens (tertiary/aromatic N) is 3. The third kappa shape index (κ3) is 8.59. The van der Waals surface area contributed by atoms with Crippen LogP contribution >= 0.6 is 24.0 Å². The quantitative estimate of drug-likeness (QED) is 0.222. The Morgan fingerprint density at radius 3 is 2.66 bits per heavy atom. The molecule has 0 amide bonds. The van der Waals surface area contributed by atoms with Crippen molar-refractivity contribution >= 4 is 29.9 Å². The van der Waals surface area contributed by atoms with E-state index in [1.54, 1.807) is 7.11 Å². The molecule has 0 fully saturated rings. The van der Waals surface area contributed by atoms with Gasteiger partial charge >= 0.3 is 0 Å². The van der Waals surface area contributed by atoms with Crippen molar-refractivity contribution in [1.82, 2.24) is 20.4 Å². The first-order valence-electron chi connectivity index (χ1n) is 10.8. The van der Waals surface area contributed by atoms with Gasteiger partial charge in [0.15, 0.2) is 5.96 Å². The van der Waals surface area contributed by atoms with Crippen LogP contribution in [0.2, 0.25) is 0 Å². The number of methoxy groups -OCH3 is 1. The van der Waals surface area contributed by atoms with E-state index < -0.39 is 6.10 Å². The SMILES string of the molecule is CCNC(=NCc1c(C)nn(CCOC)c1C)NCC(O)c1cccc(OC(C)C)c1.I. The predicted molar refractivity (Wildman–Crippen MR) is 139 cm³/mol. The highest BCUT2D eigenvalue weighted by molar-refractivity contribution is 14.0. The molecule has 1 aromatic carbocycles. The smallest absolute Gasteiger partial charge is 0.191 e. The van der Waals surface area contributed by atoms with Crippen LogP contribution in [0.3, 0.4) is 0 Å². The van der Waals surface area contributed by atoms with Crippen LogP contribution in [0.5, 0.6) is 5.75 Å². The molecule has 3 N–H and O–H groups in total. The van der Waals surface area contributed by atoms with Crippen LogP contribution in [0, 0.1) is 13.8 Å². The second-order valence-electron chi connectivity index (χ2n) is 7.70. The van der Waals surface area contributed by atoms with Gasteiger partial charge in [0.1, 0.15) is 5.75 Å². The molecular formula is C23H38IN5O3. The predicted octanol–water partition coefficient (Wildman–Crippen LogP) is 3.34. The van der Waals surface area contributed by atoms with Crippen LogP contribution in [-0.4, -0.2) is 53.8 Å². The number of rotatable bonds is 11. The van der Waals surface area contributed by atoms with Gasteiger partial charge in [-0.3, -0.25) is 4.68 Å². The van der Waals surface area contributed by atoms with Crippen LogP contribution < -0.4 is 15.4 Å². The van der Waals surface area contributed by atoms with Crippen LogP contribution in [0.15, 0.2) is 29.3 Å². The molecular weight excluding hydrogens is 521 g/mol. The number of aliphatic hydroxyl groups excluding tert-OH is 1. The van der Waals surface area contributed by atoms with E-state index in [-0.39, 0.29) is 30.1 Å². The van der Waals surface area contributed by atoms with E-state index in [1.807, 2.05) is 56.6 Å². The topological polar surface area (TPSA) is 92.9 Å². The highest BCUT2D eigenvalue weighted by Crippen LogP contribution is 2.20. The number of guanidine groups is 1. The zero-order valence-corrected chi connectivity index (χ0v) is 22.3. The van der Waals surface area contributed by atoms with E-state index in [0.717, 1.165) is 41.4 Å². The summed E-state index contributed by atoms with van der Waals surface area (Å²) in [6.07, 6.45) is -0.594. The number of halogens is 1. The minimum absolute atomic E-state index is 0. The zero-order valence-electron chi connectivity index (χ0n) is 20.0. The number of benzene rings is 1. The van der Waals surface area contributed by atoms with E-state index in [9.17, 15) is 5.11 Å². The van der Waals surface area contributed by atoms with Gasteiger partial charge in [0.2, 0.25) is 0 Å². The lowest BCUT2D eigenvalue weighted by Gasteiger charge is -2.17. The molecule has 0 spiro atoms. The highest BCUT2D eigenvalue weighted by Gasteiger charge is 2.13. The third-order valence-electron chi connectivity index (χ3n) is 4.86. The molecule has 32 heavy (non-hydrogen) atoms. The molecule has 1 heterocycles. The van der Waals surface area contributed by atoms with Crippen molar-refractivity contribution in [3.8, 4) is 5.75 Å². The number of aliphatic hydroxyl groups is 1. The molecule has 0 aliphatic carbocycles. The van der Waals surface area contributed by atoms with Gasteiger partial charge in [0.05, 0.1) is 37.6 Å². The molecule has 2 rings (SSSR count). The summed E-state index contributed by atoms with van der Waals surface area (Å²) >= 11 is 0. The van der Waals surface area contributed by atoms with Gasteiger partial charge in [0.25, 0.3) is 0 Å². The number of nitrogens with one attached hydrogen (secondary N) is 2. The number of aromatic nitrogens is 2. The summed E-state index contributed by atoms with van der Waals surface area (Å²) in [4.78, 5) is 4.70. The van der Waals surface area contributed by atoms with Gasteiger partial charge < -0.3 is 25.2 Å². The van der Waals surface area contributed by atoms with Crippen molar-refractivity contribution in [2.24, 2.45) is 4.99 Å². The number of aryl methyl sites for hydroxylation is 1. The first-order chi connectivity index (χ1) is 14.8. The summed E-state index contributed by atoms with van der Waals surface area (Å²) in [5, 5.41) is 21.7. The second-order valence-corrected chi connectivity index (χ2v) is 7.70. The van der Waals surface area contributed by atoms with Crippen LogP contribution in [0.25, 0.3) is 0 Å². The first kappa shape index (κ1) is 28.2. The number of ether oxygens (including phenoxy) is 2. The first-order valence-corrected chi connectivity index (χ1v) is 10.8. The number of hydrogen-bond acceptors (Lipinski definition) is 5. The fraction of sp³-hybridized carbons (Fsp3) is 0.565. The fourth-order valence-electron chi connectivity index (χ4n) is 3.24. The van der Waals surface area contributed by atoms with Crippen LogP contribution in [0.1, 0.15) is 49.4 Å². The van der Waals surface area contributed by atoms with Crippen LogP contribution in [-0.2, 0) is 17.8 Å². The number of hydrogen-bond donors (Lipinski definition) is 3. The zero-order chi connectivity index (χ0) is 22.8. The second kappa shape index (κ2) is 14.3. The lowest BCUT2D eigenvalue weighted by atomic mass is 10.1. The highest BCUT2D eigenvalue weighted by atomic mass is 127. The Morgan fingerprint density at radius 1 is 1.25 bits per heavy atom. The molecule has 8 nitrogen and oxygen atoms in total. The average Bonchev–Trinajstić information content (AvgIpc) is 3.00. The maximum absolute atomic E-state index is 10.6. The van der Waals surface area contributed by atoms with Crippen molar-refractivity contribution in [3.05, 3.63) is 46.8 Å². The molecule has 0 saturated carbocycles. The van der Waals surface area contributed by atoms with E-state index in [1.165, 1.54) is 0 Å². The Morgan fingerprint density at radius 2 is 2.00 bits per heavy atom. The van der Waals surface area contributed by atoms with Crippen molar-refractivity contribution in [3.63, 3.8) is 0 Å². The van der Waals surface area contributed by atoms with Gasteiger partial charge in [-0.05, 0) is 52.3 Å². The summed E-state index contributed by atoms with van der Waals surface area (Å²) in [5.74, 6) is 1.41. The summed E-state index contributed by atoms with van der Waals surface area (Å²) in [5.41, 5.74) is 3.96. The largest absolute Gasteiger partial charge is 0.491 e. The molecule has 0 aliphatic heterocycles. The molecule has 2 aromatic rings. The summed E-state index contributed by atoms with van der Waals surface area (Å²) in [7, 11) is 1.69. The molecule has 180 valence electrons. The van der Waals surface area contributed by atoms with Gasteiger partial charge in [0, 0.05) is 31.5 Å². The maximum atomic E-state index is 10.6. The van der Waals surface area contributed by atoms with E-state index >= 15 is 0 Å². The van der Waals surface area contributed by atoms with Crippen molar-refractivity contribution in [2.45, 2.75) is 59.9 Å². The normalized spacial score (nSPS) is 12.4. The van der Waals surface area contributed by atoms with Gasteiger partial charge in [-0.2, -0.15) is 5.10 Å². The summed E-state index contributed by atoms with van der Waals surface area (Å²) in [6, 6.07) is 7.55. The Kier molecular flexibility index (Phi) is 12.6. The molecule has 0 bridgehead atoms. The molecule has 9 heteroatoms. The fourth-order valence-corrected chi connectivity index (χ4v) is 3.24. The Labute approximate surface area is 208 Å². The Bertz CT molecular complexity index is 854. The van der Waals surface area contributed by atoms with E-state index in [4.69, 9.17) is 14.5 Å². The molecule has 0 aliphatic rings. The minimum Gasteiger partial charge on any atom is -0.491 e. The van der Waals surface area contributed by atoms with Crippen LogP contribution in [0.4, 0.5) is 0 Å².